The van der Waals surface area contributed by atoms with Crippen LogP contribution < -0.4 is 9.47 Å². The lowest BCUT2D eigenvalue weighted by atomic mass is 9.84. The molecule has 0 aliphatic carbocycles. The van der Waals surface area contributed by atoms with Crippen molar-refractivity contribution in [3.8, 4) is 29.5 Å². The van der Waals surface area contributed by atoms with Crippen LogP contribution in [0.2, 0.25) is 0 Å². The van der Waals surface area contributed by atoms with Crippen molar-refractivity contribution in [2.24, 2.45) is 0 Å². The van der Waals surface area contributed by atoms with Gasteiger partial charge in [-0.1, -0.05) is 23.4 Å². The number of amides is 1. The summed E-state index contributed by atoms with van der Waals surface area (Å²) < 4.78 is 52.7. The van der Waals surface area contributed by atoms with Crippen LogP contribution in [0.4, 0.5) is 13.6 Å². The van der Waals surface area contributed by atoms with Crippen molar-refractivity contribution in [1.82, 2.24) is 29.9 Å². The lowest BCUT2D eigenvalue weighted by molar-refractivity contribution is -0.00382. The van der Waals surface area contributed by atoms with Crippen molar-refractivity contribution in [2.75, 3.05) is 20.1 Å². The smallest absolute Gasteiger partial charge is 0.410 e. The van der Waals surface area contributed by atoms with Gasteiger partial charge in [-0.3, -0.25) is 4.90 Å². The number of nitriles is 1. The van der Waals surface area contributed by atoms with E-state index < -0.39 is 47.3 Å². The summed E-state index contributed by atoms with van der Waals surface area (Å²) in [6.07, 6.45) is -0.993. The summed E-state index contributed by atoms with van der Waals surface area (Å²) in [5, 5.41) is 13.6. The number of ether oxygens (including phenoxy) is 3. The largest absolute Gasteiger partial charge is 0.474 e. The van der Waals surface area contributed by atoms with Crippen molar-refractivity contribution in [3.63, 3.8) is 0 Å². The molecule has 0 saturated carbocycles. The van der Waals surface area contributed by atoms with Crippen LogP contribution in [-0.4, -0.2) is 92.2 Å². The monoisotopic (exact) mass is 667 g/mol. The zero-order chi connectivity index (χ0) is 34.8. The molecule has 5 atom stereocenters. The van der Waals surface area contributed by atoms with E-state index in [1.54, 1.807) is 63.8 Å². The fourth-order valence-corrected chi connectivity index (χ4v) is 6.21. The second-order valence-electron chi connectivity index (χ2n) is 14.0. The van der Waals surface area contributed by atoms with E-state index in [-0.39, 0.29) is 41.8 Å². The molecule has 0 bridgehead atoms. The summed E-state index contributed by atoms with van der Waals surface area (Å²) in [6, 6.07) is 9.48. The summed E-state index contributed by atoms with van der Waals surface area (Å²) >= 11 is 0. The van der Waals surface area contributed by atoms with E-state index in [1.807, 2.05) is 18.9 Å². The zero-order valence-corrected chi connectivity index (χ0v) is 28.4. The van der Waals surface area contributed by atoms with Crippen molar-refractivity contribution < 1.29 is 32.3 Å². The molecular weight excluding hydrogens is 624 g/mol. The number of likely N-dealkylation sites (tertiary alicyclic amines) is 2. The van der Waals surface area contributed by atoms with Crippen LogP contribution in [0.3, 0.4) is 0 Å². The number of hydrogen-bond acceptors (Lipinski definition) is 11. The Morgan fingerprint density at radius 1 is 1.12 bits per heavy atom. The number of hydrogen-bond donors (Lipinski definition) is 0. The maximum absolute atomic E-state index is 14.7. The van der Waals surface area contributed by atoms with Crippen LogP contribution in [0.5, 0.6) is 11.8 Å². The second-order valence-corrected chi connectivity index (χ2v) is 14.0. The van der Waals surface area contributed by atoms with E-state index in [9.17, 15) is 18.8 Å². The number of carbonyl (C=O) groups excluding carboxylic acids is 1. The normalized spacial score (nSPS) is 22.6. The van der Waals surface area contributed by atoms with E-state index in [2.05, 4.69) is 26.2 Å². The molecule has 48 heavy (non-hydrogen) atoms. The maximum atomic E-state index is 14.7. The predicted octanol–water partition coefficient (Wildman–Crippen LogP) is 5.86. The first-order valence-corrected chi connectivity index (χ1v) is 16.2. The number of likely N-dealkylation sites (N-methyl/N-ethyl adjacent to an activating group) is 1. The minimum absolute atomic E-state index is 0.0428. The maximum Gasteiger partial charge on any atom is 0.410 e. The Hall–Kier alpha value is -4.38. The van der Waals surface area contributed by atoms with Crippen LogP contribution in [0.1, 0.15) is 78.7 Å². The fourth-order valence-electron chi connectivity index (χ4n) is 6.21. The van der Waals surface area contributed by atoms with Gasteiger partial charge in [0.25, 0.3) is 0 Å². The Balaban J connectivity index is 1.42. The Kier molecular flexibility index (Phi) is 10.2. The average Bonchev–Trinajstić information content (AvgIpc) is 3.63. The third-order valence-corrected chi connectivity index (χ3v) is 8.70. The van der Waals surface area contributed by atoms with E-state index >= 15 is 0 Å². The minimum atomic E-state index is -0.966. The minimum Gasteiger partial charge on any atom is -0.474 e. The molecule has 2 aliphatic rings. The van der Waals surface area contributed by atoms with Gasteiger partial charge >= 0.3 is 6.09 Å². The fraction of sp³-hybridized carbons (Fsp3) is 0.588. The predicted molar refractivity (Wildman–Crippen MR) is 170 cm³/mol. The summed E-state index contributed by atoms with van der Waals surface area (Å²) in [6.45, 7) is 11.4. The Bertz CT molecular complexity index is 1640. The molecular formula is C34H43F2N7O5. The second kappa shape index (κ2) is 14.0. The highest BCUT2D eigenvalue weighted by Gasteiger charge is 2.37. The molecule has 1 aromatic carbocycles. The molecule has 12 nitrogen and oxygen atoms in total. The molecule has 258 valence electrons. The van der Waals surface area contributed by atoms with Gasteiger partial charge < -0.3 is 23.6 Å². The first-order valence-electron chi connectivity index (χ1n) is 16.2. The highest BCUT2D eigenvalue weighted by molar-refractivity contribution is 5.68. The molecule has 3 aromatic rings. The van der Waals surface area contributed by atoms with E-state index in [4.69, 9.17) is 18.7 Å². The SMILES string of the molecule is C[C@H](Oc1cc(O[C@H]2CCN(C(=O)OC(C)(C)C)[C@H](CC#N)C2)nc(-c2noc(C(C)(C)c3ccccc3F)n2)n1)[C@@H]1C[C@@H](F)CN1C. The molecule has 2 saturated heterocycles. The number of rotatable bonds is 9. The third kappa shape index (κ3) is 8.01. The Morgan fingerprint density at radius 3 is 2.52 bits per heavy atom. The van der Waals surface area contributed by atoms with Gasteiger partial charge in [0.1, 0.15) is 29.8 Å². The lowest BCUT2D eigenvalue weighted by Crippen LogP contribution is -2.50. The van der Waals surface area contributed by atoms with Crippen LogP contribution in [0.25, 0.3) is 11.6 Å². The van der Waals surface area contributed by atoms with Gasteiger partial charge in [-0.05, 0) is 61.1 Å². The molecule has 0 unspecified atom stereocenters. The molecule has 2 aromatic heterocycles. The number of benzene rings is 1. The highest BCUT2D eigenvalue weighted by atomic mass is 19.1. The standard InChI is InChI=1S/C34H43F2N7O5/c1-20(26-16-21(35)19-42(26)7)45-27-18-28(46-23-13-15-43(22(17-23)12-14-37)32(44)47-33(2,3)4)39-29(38-27)30-40-31(48-41-30)34(5,6)24-10-8-9-11-25(24)36/h8-11,18,20-23,26H,12-13,15-17,19H2,1-7H3/t20-,21+,22+,23-,26-/m0/s1. The van der Waals surface area contributed by atoms with E-state index in [0.717, 1.165) is 0 Å². The highest BCUT2D eigenvalue weighted by Crippen LogP contribution is 2.34. The summed E-state index contributed by atoms with van der Waals surface area (Å²) in [4.78, 5) is 30.1. The summed E-state index contributed by atoms with van der Waals surface area (Å²) in [5.41, 5.74) is -1.26. The van der Waals surface area contributed by atoms with Crippen LogP contribution in [-0.2, 0) is 10.2 Å². The number of piperidine rings is 1. The van der Waals surface area contributed by atoms with Gasteiger partial charge in [0.2, 0.25) is 29.3 Å². The summed E-state index contributed by atoms with van der Waals surface area (Å²) in [5.74, 6) is 0.176. The van der Waals surface area contributed by atoms with Crippen molar-refractivity contribution >= 4 is 6.09 Å². The van der Waals surface area contributed by atoms with Gasteiger partial charge in [0, 0.05) is 37.5 Å². The number of alkyl halides is 1. The number of carbonyl (C=O) groups is 1. The molecule has 14 heteroatoms. The lowest BCUT2D eigenvalue weighted by Gasteiger charge is -2.38. The quantitative estimate of drug-likeness (QED) is 0.271. The van der Waals surface area contributed by atoms with Gasteiger partial charge in [0.15, 0.2) is 0 Å². The number of nitrogens with zero attached hydrogens (tertiary/aromatic N) is 7. The van der Waals surface area contributed by atoms with Gasteiger partial charge in [-0.25, -0.2) is 13.6 Å². The first kappa shape index (κ1) is 34.9. The molecule has 0 radical (unpaired) electrons. The van der Waals surface area contributed by atoms with Crippen LogP contribution in [0, 0.1) is 17.1 Å². The van der Waals surface area contributed by atoms with Crippen molar-refractivity contribution in [2.45, 2.75) is 109 Å². The molecule has 2 aliphatic heterocycles. The molecule has 0 spiro atoms. The molecule has 1 amide bonds. The van der Waals surface area contributed by atoms with Crippen LogP contribution >= 0.6 is 0 Å². The van der Waals surface area contributed by atoms with Gasteiger partial charge in [-0.15, -0.1) is 0 Å². The Morgan fingerprint density at radius 2 is 1.85 bits per heavy atom. The van der Waals surface area contributed by atoms with Crippen molar-refractivity contribution in [1.29, 1.82) is 5.26 Å². The topological polar surface area (TPSA) is 140 Å². The van der Waals surface area contributed by atoms with Crippen molar-refractivity contribution in [3.05, 3.63) is 47.6 Å². The molecule has 2 fully saturated rings. The third-order valence-electron chi connectivity index (χ3n) is 8.70. The first-order chi connectivity index (χ1) is 22.6. The Labute approximate surface area is 279 Å². The number of aromatic nitrogens is 4. The molecule has 5 rings (SSSR count). The average molecular weight is 668 g/mol. The van der Waals surface area contributed by atoms with Crippen LogP contribution in [0.15, 0.2) is 34.9 Å². The molecule has 0 N–H and O–H groups in total. The number of halogens is 2. The van der Waals surface area contributed by atoms with Gasteiger partial charge in [0.05, 0.1) is 30.0 Å². The van der Waals surface area contributed by atoms with E-state index in [1.165, 1.54) is 6.07 Å². The van der Waals surface area contributed by atoms with Gasteiger partial charge in [-0.2, -0.15) is 20.2 Å². The molecule has 4 heterocycles. The summed E-state index contributed by atoms with van der Waals surface area (Å²) in [7, 11) is 1.85. The van der Waals surface area contributed by atoms with E-state index in [0.29, 0.717) is 37.9 Å². The zero-order valence-electron chi connectivity index (χ0n) is 28.4.